The number of hydrogen-bond donors (Lipinski definition) is 3. The molecular weight excluding hydrogens is 452 g/mol. The zero-order valence-corrected chi connectivity index (χ0v) is 21.4. The van der Waals surface area contributed by atoms with Crippen LogP contribution in [0.15, 0.2) is 36.9 Å². The Morgan fingerprint density at radius 3 is 1.94 bits per heavy atom. The van der Waals surface area contributed by atoms with Crippen LogP contribution in [0, 0.1) is 0 Å². The summed E-state index contributed by atoms with van der Waals surface area (Å²) in [5.41, 5.74) is 1.30. The highest BCUT2D eigenvalue weighted by atomic mass is 16.6. The average Bonchev–Trinajstić information content (AvgIpc) is 2.86. The van der Waals surface area contributed by atoms with Crippen molar-refractivity contribution < 1.29 is 39.1 Å². The molecule has 0 spiro atoms. The van der Waals surface area contributed by atoms with E-state index in [9.17, 15) is 9.90 Å². The smallest absolute Gasteiger partial charge is 0.327 e. The average molecular weight is 499 g/mol. The number of aliphatic hydroxyl groups excluding tert-OH is 2. The van der Waals surface area contributed by atoms with E-state index in [0.29, 0.717) is 38.8 Å². The predicted molar refractivity (Wildman–Crippen MR) is 137 cm³/mol. The van der Waals surface area contributed by atoms with Gasteiger partial charge in [0.2, 0.25) is 6.29 Å². The van der Waals surface area contributed by atoms with Crippen molar-refractivity contribution in [2.45, 2.75) is 71.0 Å². The van der Waals surface area contributed by atoms with Crippen molar-refractivity contribution in [1.82, 2.24) is 0 Å². The molecule has 202 valence electrons. The maximum Gasteiger partial charge on any atom is 0.327 e. The predicted octanol–water partition coefficient (Wildman–Crippen LogP) is 4.37. The molecule has 0 saturated heterocycles. The molecular formula is C27H46O8. The van der Waals surface area contributed by atoms with E-state index >= 15 is 0 Å². The highest BCUT2D eigenvalue weighted by molar-refractivity contribution is 5.78. The number of aryl methyl sites for hydroxylation is 1. The summed E-state index contributed by atoms with van der Waals surface area (Å²) in [6, 6.07) is 7.94. The van der Waals surface area contributed by atoms with Gasteiger partial charge in [0.05, 0.1) is 39.6 Å². The van der Waals surface area contributed by atoms with Crippen LogP contribution in [0.3, 0.4) is 0 Å². The molecule has 35 heavy (non-hydrogen) atoms. The van der Waals surface area contributed by atoms with Crippen LogP contribution in [0.25, 0.3) is 0 Å². The fourth-order valence-electron chi connectivity index (χ4n) is 3.08. The van der Waals surface area contributed by atoms with E-state index in [1.165, 1.54) is 56.9 Å². The molecule has 0 aliphatic carbocycles. The van der Waals surface area contributed by atoms with Crippen LogP contribution in [0.2, 0.25) is 0 Å². The van der Waals surface area contributed by atoms with Crippen molar-refractivity contribution in [3.05, 3.63) is 42.5 Å². The molecule has 0 fully saturated rings. The summed E-state index contributed by atoms with van der Waals surface area (Å²) in [7, 11) is 0. The first-order valence-corrected chi connectivity index (χ1v) is 12.7. The van der Waals surface area contributed by atoms with Gasteiger partial charge in [-0.3, -0.25) is 0 Å². The molecule has 0 bridgehead atoms. The van der Waals surface area contributed by atoms with Crippen LogP contribution < -0.4 is 4.74 Å². The topological polar surface area (TPSA) is 115 Å². The van der Waals surface area contributed by atoms with E-state index in [-0.39, 0.29) is 13.2 Å². The normalized spacial score (nSPS) is 11.4. The number of unbranched alkanes of at least 4 members (excludes halogenated alkanes) is 7. The van der Waals surface area contributed by atoms with Gasteiger partial charge >= 0.3 is 5.97 Å². The summed E-state index contributed by atoms with van der Waals surface area (Å²) in [5, 5.41) is 26.1. The number of aliphatic carboxylic acids is 1. The van der Waals surface area contributed by atoms with E-state index in [4.69, 9.17) is 29.2 Å². The standard InChI is InChI=1S/C24H42O6.C3H4O2/c1-2-3-4-5-6-7-8-9-10-22-11-13-23(14-12-22)30-24(26)21-29-20-19-28-18-17-27-16-15-25;1-2-3(4)5/h11-14,24-26H,2-10,15-21H2,1H3;2H,1H2,(H,4,5). The van der Waals surface area contributed by atoms with Crippen LogP contribution in [-0.4, -0.2) is 73.8 Å². The third kappa shape index (κ3) is 23.5. The molecule has 1 rings (SSSR count). The summed E-state index contributed by atoms with van der Waals surface area (Å²) in [6.07, 6.45) is 11.6. The summed E-state index contributed by atoms with van der Waals surface area (Å²) in [4.78, 5) is 9.25. The Kier molecular flexibility index (Phi) is 23.7. The maximum atomic E-state index is 9.92. The first-order valence-electron chi connectivity index (χ1n) is 12.7. The van der Waals surface area contributed by atoms with Crippen molar-refractivity contribution in [3.8, 4) is 5.75 Å². The Bertz CT molecular complexity index is 606. The van der Waals surface area contributed by atoms with Gasteiger partial charge in [0.15, 0.2) is 0 Å². The van der Waals surface area contributed by atoms with Crippen LogP contribution >= 0.6 is 0 Å². The lowest BCUT2D eigenvalue weighted by molar-refractivity contribution is -0.131. The van der Waals surface area contributed by atoms with Crippen molar-refractivity contribution in [2.75, 3.05) is 46.2 Å². The maximum absolute atomic E-state index is 9.92. The number of carboxylic acids is 1. The Labute approximate surface area is 210 Å². The van der Waals surface area contributed by atoms with Crippen molar-refractivity contribution in [1.29, 1.82) is 0 Å². The SMILES string of the molecule is C=CC(=O)O.CCCCCCCCCCc1ccc(OC(O)COCCOCCOCCO)cc1. The van der Waals surface area contributed by atoms with Gasteiger partial charge < -0.3 is 34.3 Å². The Balaban J connectivity index is 0.00000209. The van der Waals surface area contributed by atoms with Gasteiger partial charge in [0, 0.05) is 6.08 Å². The lowest BCUT2D eigenvalue weighted by atomic mass is 10.0. The van der Waals surface area contributed by atoms with Crippen molar-refractivity contribution in [3.63, 3.8) is 0 Å². The molecule has 0 radical (unpaired) electrons. The highest BCUT2D eigenvalue weighted by Crippen LogP contribution is 2.16. The fraction of sp³-hybridized carbons (Fsp3) is 0.667. The molecule has 0 aromatic heterocycles. The number of carboxylic acid groups (broad SMARTS) is 1. The molecule has 0 amide bonds. The van der Waals surface area contributed by atoms with Gasteiger partial charge in [-0.05, 0) is 30.5 Å². The minimum Gasteiger partial charge on any atom is -0.478 e. The molecule has 0 aliphatic heterocycles. The highest BCUT2D eigenvalue weighted by Gasteiger charge is 2.06. The second kappa shape index (κ2) is 25.1. The number of ether oxygens (including phenoxy) is 4. The third-order valence-corrected chi connectivity index (χ3v) is 4.93. The van der Waals surface area contributed by atoms with Gasteiger partial charge in [0.25, 0.3) is 0 Å². The number of benzene rings is 1. The zero-order valence-electron chi connectivity index (χ0n) is 21.4. The molecule has 1 atom stereocenters. The molecule has 8 nitrogen and oxygen atoms in total. The molecule has 1 aromatic rings. The van der Waals surface area contributed by atoms with E-state index in [0.717, 1.165) is 12.5 Å². The molecule has 8 heteroatoms. The first kappa shape index (κ1) is 33.0. The minimum absolute atomic E-state index is 0.0168. The second-order valence-electron chi connectivity index (χ2n) is 8.01. The number of aliphatic hydroxyl groups is 2. The van der Waals surface area contributed by atoms with Crippen LogP contribution in [-0.2, 0) is 25.4 Å². The van der Waals surface area contributed by atoms with Crippen LogP contribution in [0.4, 0.5) is 0 Å². The summed E-state index contributed by atoms with van der Waals surface area (Å²) in [6.45, 7) is 7.33. The number of hydrogen-bond acceptors (Lipinski definition) is 7. The van der Waals surface area contributed by atoms with Gasteiger partial charge in [-0.2, -0.15) is 0 Å². The quantitative estimate of drug-likeness (QED) is 0.123. The Morgan fingerprint density at radius 1 is 0.886 bits per heavy atom. The van der Waals surface area contributed by atoms with E-state index in [1.807, 2.05) is 12.1 Å². The molecule has 0 heterocycles. The molecule has 3 N–H and O–H groups in total. The van der Waals surface area contributed by atoms with E-state index < -0.39 is 12.3 Å². The fourth-order valence-corrected chi connectivity index (χ4v) is 3.08. The lowest BCUT2D eigenvalue weighted by Gasteiger charge is -2.14. The Morgan fingerprint density at radius 2 is 1.40 bits per heavy atom. The second-order valence-corrected chi connectivity index (χ2v) is 8.01. The van der Waals surface area contributed by atoms with Gasteiger partial charge in [-0.1, -0.05) is 70.6 Å². The minimum atomic E-state index is -1.00. The molecule has 0 aliphatic rings. The van der Waals surface area contributed by atoms with Crippen molar-refractivity contribution >= 4 is 5.97 Å². The summed E-state index contributed by atoms with van der Waals surface area (Å²) < 4.78 is 21.2. The molecule has 1 unspecified atom stereocenters. The van der Waals surface area contributed by atoms with Gasteiger partial charge in [-0.15, -0.1) is 0 Å². The lowest BCUT2D eigenvalue weighted by Crippen LogP contribution is -2.23. The van der Waals surface area contributed by atoms with E-state index in [1.54, 1.807) is 0 Å². The Hall–Kier alpha value is -1.97. The summed E-state index contributed by atoms with van der Waals surface area (Å²) in [5.74, 6) is -0.340. The van der Waals surface area contributed by atoms with Crippen LogP contribution in [0.1, 0.15) is 63.9 Å². The van der Waals surface area contributed by atoms with Gasteiger partial charge in [0.1, 0.15) is 12.4 Å². The van der Waals surface area contributed by atoms with E-state index in [2.05, 4.69) is 25.6 Å². The first-order chi connectivity index (χ1) is 17.0. The largest absolute Gasteiger partial charge is 0.478 e. The zero-order chi connectivity index (χ0) is 26.0. The van der Waals surface area contributed by atoms with Crippen LogP contribution in [0.5, 0.6) is 5.75 Å². The van der Waals surface area contributed by atoms with Crippen molar-refractivity contribution in [2.24, 2.45) is 0 Å². The summed E-state index contributed by atoms with van der Waals surface area (Å²) >= 11 is 0. The monoisotopic (exact) mass is 498 g/mol. The number of carbonyl (C=O) groups is 1. The molecule has 0 saturated carbocycles. The third-order valence-electron chi connectivity index (χ3n) is 4.93. The molecule has 1 aromatic carbocycles. The van der Waals surface area contributed by atoms with Gasteiger partial charge in [-0.25, -0.2) is 4.79 Å². The number of rotatable bonds is 22.